The van der Waals surface area contributed by atoms with Crippen molar-refractivity contribution in [2.75, 3.05) is 26.6 Å². The van der Waals surface area contributed by atoms with E-state index in [4.69, 9.17) is 14.2 Å². The van der Waals surface area contributed by atoms with E-state index >= 15 is 0 Å². The van der Waals surface area contributed by atoms with Gasteiger partial charge in [0.15, 0.2) is 5.75 Å². The quantitative estimate of drug-likeness (QED) is 0.731. The van der Waals surface area contributed by atoms with E-state index in [1.54, 1.807) is 14.2 Å². The fraction of sp³-hybridized carbons (Fsp3) is 0.250. The smallest absolute Gasteiger partial charge is 0.152 e. The van der Waals surface area contributed by atoms with E-state index in [-0.39, 0.29) is 0 Å². The molecule has 0 saturated heterocycles. The molecule has 1 N–H and O–H groups in total. The minimum absolute atomic E-state index is 0.316. The molecule has 2 aromatic carbocycles. The third-order valence-corrected chi connectivity index (χ3v) is 4.11. The average Bonchev–Trinajstić information content (AvgIpc) is 2.65. The Morgan fingerprint density at radius 1 is 0.960 bits per heavy atom. The van der Waals surface area contributed by atoms with Gasteiger partial charge in [0.1, 0.15) is 23.6 Å². The summed E-state index contributed by atoms with van der Waals surface area (Å²) in [7, 11) is 5.13. The van der Waals surface area contributed by atoms with Gasteiger partial charge in [0, 0.05) is 18.1 Å². The van der Waals surface area contributed by atoms with Crippen LogP contribution in [0.1, 0.15) is 11.3 Å². The number of rotatable bonds is 6. The predicted molar refractivity (Wildman–Crippen MR) is 99.9 cm³/mol. The van der Waals surface area contributed by atoms with Crippen LogP contribution in [0.5, 0.6) is 17.2 Å². The summed E-state index contributed by atoms with van der Waals surface area (Å²) in [4.78, 5) is 4.61. The van der Waals surface area contributed by atoms with Gasteiger partial charge in [-0.25, -0.2) is 4.98 Å². The summed E-state index contributed by atoms with van der Waals surface area (Å²) < 4.78 is 17.1. The van der Waals surface area contributed by atoms with Crippen LogP contribution in [-0.4, -0.2) is 26.3 Å². The molecule has 0 aliphatic rings. The number of nitrogens with one attached hydrogen (secondary N) is 1. The largest absolute Gasteiger partial charge is 0.496 e. The standard InChI is InChI=1S/C20H22N2O3/c1-13-8-9-14-6-5-7-18(19(14)22-13)25-12-15-17(23-3)11-10-16(21-2)20(15)24-4/h5-11,21H,12H2,1-4H3. The lowest BCUT2D eigenvalue weighted by molar-refractivity contribution is 0.289. The van der Waals surface area contributed by atoms with E-state index < -0.39 is 0 Å². The molecule has 0 bridgehead atoms. The molecular weight excluding hydrogens is 316 g/mol. The number of hydrogen-bond donors (Lipinski definition) is 1. The van der Waals surface area contributed by atoms with Crippen molar-refractivity contribution in [1.29, 1.82) is 0 Å². The summed E-state index contributed by atoms with van der Waals surface area (Å²) in [6.07, 6.45) is 0. The number of hydrogen-bond acceptors (Lipinski definition) is 5. The minimum atomic E-state index is 0.316. The van der Waals surface area contributed by atoms with Crippen molar-refractivity contribution in [3.63, 3.8) is 0 Å². The summed E-state index contributed by atoms with van der Waals surface area (Å²) in [5.41, 5.74) is 3.54. The van der Waals surface area contributed by atoms with Crippen LogP contribution in [0.25, 0.3) is 10.9 Å². The Morgan fingerprint density at radius 2 is 1.80 bits per heavy atom. The molecule has 0 radical (unpaired) electrons. The second kappa shape index (κ2) is 7.30. The first-order valence-corrected chi connectivity index (χ1v) is 8.08. The normalized spacial score (nSPS) is 10.6. The van der Waals surface area contributed by atoms with Gasteiger partial charge in [0.2, 0.25) is 0 Å². The van der Waals surface area contributed by atoms with Gasteiger partial charge in [-0.1, -0.05) is 18.2 Å². The lowest BCUT2D eigenvalue weighted by atomic mass is 10.1. The number of anilines is 1. The Balaban J connectivity index is 1.98. The third kappa shape index (κ3) is 3.31. The SMILES string of the molecule is CNc1ccc(OC)c(COc2cccc3ccc(C)nc23)c1OC. The van der Waals surface area contributed by atoms with Crippen LogP contribution < -0.4 is 19.5 Å². The third-order valence-electron chi connectivity index (χ3n) is 4.11. The molecule has 0 spiro atoms. The molecule has 1 aromatic heterocycles. The second-order valence-corrected chi connectivity index (χ2v) is 5.65. The Labute approximate surface area is 147 Å². The van der Waals surface area contributed by atoms with E-state index in [9.17, 15) is 0 Å². The second-order valence-electron chi connectivity index (χ2n) is 5.65. The van der Waals surface area contributed by atoms with E-state index in [2.05, 4.69) is 10.3 Å². The van der Waals surface area contributed by atoms with Crippen molar-refractivity contribution >= 4 is 16.6 Å². The topological polar surface area (TPSA) is 52.6 Å². The summed E-state index contributed by atoms with van der Waals surface area (Å²) in [6.45, 7) is 2.29. The summed E-state index contributed by atoms with van der Waals surface area (Å²) in [5.74, 6) is 2.17. The number of methoxy groups -OCH3 is 2. The number of benzene rings is 2. The molecule has 3 aromatic rings. The van der Waals surface area contributed by atoms with Gasteiger partial charge >= 0.3 is 0 Å². The Morgan fingerprint density at radius 3 is 2.52 bits per heavy atom. The van der Waals surface area contributed by atoms with Gasteiger partial charge in [-0.3, -0.25) is 0 Å². The van der Waals surface area contributed by atoms with Crippen LogP contribution in [0.2, 0.25) is 0 Å². The van der Waals surface area contributed by atoms with Crippen molar-refractivity contribution in [3.8, 4) is 17.2 Å². The van der Waals surface area contributed by atoms with Crippen LogP contribution in [0.3, 0.4) is 0 Å². The average molecular weight is 338 g/mol. The van der Waals surface area contributed by atoms with Crippen LogP contribution in [0.15, 0.2) is 42.5 Å². The molecule has 0 fully saturated rings. The Bertz CT molecular complexity index is 893. The van der Waals surface area contributed by atoms with Crippen LogP contribution >= 0.6 is 0 Å². The first-order chi connectivity index (χ1) is 12.2. The maximum absolute atomic E-state index is 6.09. The van der Waals surface area contributed by atoms with E-state index in [1.165, 1.54) is 0 Å². The van der Waals surface area contributed by atoms with Crippen LogP contribution in [-0.2, 0) is 6.61 Å². The monoisotopic (exact) mass is 338 g/mol. The molecule has 0 atom stereocenters. The van der Waals surface area contributed by atoms with E-state index in [1.807, 2.05) is 56.4 Å². The fourth-order valence-corrected chi connectivity index (χ4v) is 2.85. The van der Waals surface area contributed by atoms with Gasteiger partial charge in [-0.2, -0.15) is 0 Å². The lowest BCUT2D eigenvalue weighted by Gasteiger charge is -2.17. The molecule has 1 heterocycles. The highest BCUT2D eigenvalue weighted by atomic mass is 16.5. The summed E-state index contributed by atoms with van der Waals surface area (Å²) in [5, 5.41) is 4.17. The maximum Gasteiger partial charge on any atom is 0.152 e. The molecule has 3 rings (SSSR count). The first-order valence-electron chi connectivity index (χ1n) is 8.08. The zero-order chi connectivity index (χ0) is 17.8. The summed E-state index contributed by atoms with van der Waals surface area (Å²) >= 11 is 0. The van der Waals surface area contributed by atoms with Crippen molar-refractivity contribution in [2.45, 2.75) is 13.5 Å². The highest BCUT2D eigenvalue weighted by Crippen LogP contribution is 2.37. The molecule has 5 heteroatoms. The van der Waals surface area contributed by atoms with Gasteiger partial charge in [-0.05, 0) is 31.2 Å². The fourth-order valence-electron chi connectivity index (χ4n) is 2.85. The molecule has 0 saturated carbocycles. The van der Waals surface area contributed by atoms with Crippen LogP contribution in [0.4, 0.5) is 5.69 Å². The van der Waals surface area contributed by atoms with Crippen molar-refractivity contribution < 1.29 is 14.2 Å². The Hall–Kier alpha value is -2.95. The number of ether oxygens (including phenoxy) is 3. The van der Waals surface area contributed by atoms with Gasteiger partial charge in [0.05, 0.1) is 25.5 Å². The number of aryl methyl sites for hydroxylation is 1. The first kappa shape index (κ1) is 16.9. The molecule has 0 aliphatic carbocycles. The molecule has 130 valence electrons. The van der Waals surface area contributed by atoms with E-state index in [0.717, 1.165) is 39.3 Å². The van der Waals surface area contributed by atoms with Gasteiger partial charge in [-0.15, -0.1) is 0 Å². The minimum Gasteiger partial charge on any atom is -0.496 e. The molecule has 5 nitrogen and oxygen atoms in total. The van der Waals surface area contributed by atoms with Crippen molar-refractivity contribution in [2.24, 2.45) is 0 Å². The number of pyridine rings is 1. The predicted octanol–water partition coefficient (Wildman–Crippen LogP) is 4.18. The zero-order valence-corrected chi connectivity index (χ0v) is 14.9. The van der Waals surface area contributed by atoms with Crippen LogP contribution in [0, 0.1) is 6.92 Å². The number of aromatic nitrogens is 1. The number of fused-ring (bicyclic) bond motifs is 1. The number of nitrogens with zero attached hydrogens (tertiary/aromatic N) is 1. The molecule has 0 amide bonds. The highest BCUT2D eigenvalue weighted by Gasteiger charge is 2.16. The van der Waals surface area contributed by atoms with Crippen molar-refractivity contribution in [1.82, 2.24) is 4.98 Å². The molecule has 25 heavy (non-hydrogen) atoms. The highest BCUT2D eigenvalue weighted by molar-refractivity contribution is 5.84. The summed E-state index contributed by atoms with van der Waals surface area (Å²) in [6, 6.07) is 13.8. The lowest BCUT2D eigenvalue weighted by Crippen LogP contribution is -2.05. The van der Waals surface area contributed by atoms with Gasteiger partial charge in [0.25, 0.3) is 0 Å². The number of para-hydroxylation sites is 1. The van der Waals surface area contributed by atoms with Crippen molar-refractivity contribution in [3.05, 3.63) is 53.7 Å². The molecular formula is C20H22N2O3. The molecule has 0 aliphatic heterocycles. The Kier molecular flexibility index (Phi) is 4.93. The molecule has 0 unspecified atom stereocenters. The maximum atomic E-state index is 6.09. The van der Waals surface area contributed by atoms with Gasteiger partial charge < -0.3 is 19.5 Å². The zero-order valence-electron chi connectivity index (χ0n) is 14.9. The van der Waals surface area contributed by atoms with E-state index in [0.29, 0.717) is 12.4 Å².